The largest absolute Gasteiger partial charge is 0.484 e. The number of nitrogens with two attached hydrogens (primary N) is 1. The second-order valence-electron chi connectivity index (χ2n) is 6.96. The first-order valence-corrected chi connectivity index (χ1v) is 10.5. The molecule has 1 aromatic carbocycles. The molecule has 0 aliphatic heterocycles. The second-order valence-corrected chi connectivity index (χ2v) is 8.42. The number of primary amides is 1. The van der Waals surface area contributed by atoms with Gasteiger partial charge in [0.05, 0.1) is 22.9 Å². The number of pyridine rings is 1. The minimum absolute atomic E-state index is 0.325. The van der Waals surface area contributed by atoms with Crippen LogP contribution in [-0.2, 0) is 0 Å². The van der Waals surface area contributed by atoms with Crippen molar-refractivity contribution in [3.8, 4) is 16.3 Å². The molecule has 2 unspecified atom stereocenters. The highest BCUT2D eigenvalue weighted by Crippen LogP contribution is 2.39. The first-order valence-electron chi connectivity index (χ1n) is 9.35. The molecule has 3 aromatic heterocycles. The quantitative estimate of drug-likeness (QED) is 0.440. The van der Waals surface area contributed by atoms with Gasteiger partial charge in [-0.05, 0) is 31.5 Å². The van der Waals surface area contributed by atoms with Gasteiger partial charge in [-0.15, -0.1) is 11.3 Å². The van der Waals surface area contributed by atoms with Crippen LogP contribution < -0.4 is 10.5 Å². The van der Waals surface area contributed by atoms with E-state index in [4.69, 9.17) is 22.1 Å². The lowest BCUT2D eigenvalue weighted by Crippen LogP contribution is -2.12. The summed E-state index contributed by atoms with van der Waals surface area (Å²) >= 11 is 7.52. The lowest BCUT2D eigenvalue weighted by atomic mass is 10.1. The molecule has 4 aromatic rings. The van der Waals surface area contributed by atoms with Gasteiger partial charge in [-0.3, -0.25) is 9.20 Å². The molecule has 0 bridgehead atoms. The number of amides is 1. The Labute approximate surface area is 182 Å². The second kappa shape index (κ2) is 8.10. The van der Waals surface area contributed by atoms with Crippen LogP contribution in [0.1, 0.15) is 46.9 Å². The predicted molar refractivity (Wildman–Crippen MR) is 118 cm³/mol. The van der Waals surface area contributed by atoms with Gasteiger partial charge in [0.25, 0.3) is 5.91 Å². The van der Waals surface area contributed by atoms with Crippen LogP contribution in [0.2, 0.25) is 5.02 Å². The molecule has 154 valence electrons. The molecule has 1 amide bonds. The maximum Gasteiger partial charge on any atom is 0.262 e. The molecule has 0 spiro atoms. The van der Waals surface area contributed by atoms with E-state index in [0.717, 1.165) is 27.3 Å². The number of rotatable bonds is 6. The zero-order valence-corrected chi connectivity index (χ0v) is 17.9. The number of thiophene rings is 1. The highest BCUT2D eigenvalue weighted by Gasteiger charge is 2.21. The number of ether oxygens (including phenoxy) is 1. The third-order valence-electron chi connectivity index (χ3n) is 4.83. The molecule has 0 aliphatic rings. The van der Waals surface area contributed by atoms with Crippen LogP contribution in [0.5, 0.6) is 5.75 Å². The van der Waals surface area contributed by atoms with Gasteiger partial charge in [0.1, 0.15) is 22.4 Å². The van der Waals surface area contributed by atoms with Crippen molar-refractivity contribution < 1.29 is 14.6 Å². The Morgan fingerprint density at radius 1 is 1.27 bits per heavy atom. The van der Waals surface area contributed by atoms with Crippen molar-refractivity contribution in [3.63, 3.8) is 0 Å². The van der Waals surface area contributed by atoms with E-state index in [9.17, 15) is 9.90 Å². The summed E-state index contributed by atoms with van der Waals surface area (Å²) in [5, 5.41) is 10.5. The molecule has 0 aliphatic carbocycles. The number of hydrogen-bond acceptors (Lipinski definition) is 5. The number of hydrogen-bond donors (Lipinski definition) is 2. The number of halogens is 1. The van der Waals surface area contributed by atoms with E-state index in [-0.39, 0.29) is 6.10 Å². The Morgan fingerprint density at radius 3 is 2.73 bits per heavy atom. The van der Waals surface area contributed by atoms with Crippen molar-refractivity contribution in [2.75, 3.05) is 0 Å². The minimum atomic E-state index is -0.607. The SMILES string of the molecule is CC(O)c1ccc2ncc(-c3cc(OC(C)c4ccccc4Cl)c(C(N)=O)s3)n2c1. The first kappa shape index (κ1) is 20.4. The highest BCUT2D eigenvalue weighted by molar-refractivity contribution is 7.17. The molecule has 2 atom stereocenters. The lowest BCUT2D eigenvalue weighted by Gasteiger charge is -2.16. The van der Waals surface area contributed by atoms with Crippen LogP contribution >= 0.6 is 22.9 Å². The highest BCUT2D eigenvalue weighted by atomic mass is 35.5. The zero-order valence-electron chi connectivity index (χ0n) is 16.4. The predicted octanol–water partition coefficient (Wildman–Crippen LogP) is 5.01. The third kappa shape index (κ3) is 3.79. The van der Waals surface area contributed by atoms with Gasteiger partial charge in [0.15, 0.2) is 0 Å². The van der Waals surface area contributed by atoms with E-state index < -0.39 is 12.0 Å². The maximum atomic E-state index is 12.1. The molecule has 0 saturated heterocycles. The normalized spacial score (nSPS) is 13.3. The molecule has 8 heteroatoms. The Kier molecular flexibility index (Phi) is 5.51. The van der Waals surface area contributed by atoms with Gasteiger partial charge in [-0.1, -0.05) is 35.9 Å². The molecule has 30 heavy (non-hydrogen) atoms. The fourth-order valence-electron chi connectivity index (χ4n) is 3.24. The fraction of sp³-hybridized carbons (Fsp3) is 0.182. The molecule has 3 N–H and O–H groups in total. The summed E-state index contributed by atoms with van der Waals surface area (Å²) in [6, 6.07) is 12.9. The van der Waals surface area contributed by atoms with Crippen molar-refractivity contribution in [2.45, 2.75) is 26.1 Å². The summed E-state index contributed by atoms with van der Waals surface area (Å²) in [5.41, 5.74) is 8.70. The van der Waals surface area contributed by atoms with Crippen LogP contribution in [0.4, 0.5) is 0 Å². The third-order valence-corrected chi connectivity index (χ3v) is 6.33. The molecule has 6 nitrogen and oxygen atoms in total. The minimum Gasteiger partial charge on any atom is -0.484 e. The molecular formula is C22H20ClN3O3S. The van der Waals surface area contributed by atoms with Gasteiger partial charge in [-0.2, -0.15) is 0 Å². The van der Waals surface area contributed by atoms with Gasteiger partial charge in [0, 0.05) is 22.8 Å². The average molecular weight is 442 g/mol. The van der Waals surface area contributed by atoms with Crippen molar-refractivity contribution in [2.24, 2.45) is 5.73 Å². The standard InChI is InChI=1S/C22H20ClN3O3S/c1-12(27)14-7-8-20-25-10-17(26(20)11-14)19-9-18(21(30-19)22(24)28)29-13(2)15-5-3-4-6-16(15)23/h3-13,27H,1-2H3,(H2,24,28). The van der Waals surface area contributed by atoms with Crippen molar-refractivity contribution in [1.82, 2.24) is 9.38 Å². The Bertz CT molecular complexity index is 1230. The number of nitrogens with zero attached hydrogens (tertiary/aromatic N) is 2. The molecule has 0 saturated carbocycles. The zero-order chi connectivity index (χ0) is 21.4. The van der Waals surface area contributed by atoms with Crippen molar-refractivity contribution in [1.29, 1.82) is 0 Å². The number of carbonyl (C=O) groups is 1. The summed E-state index contributed by atoms with van der Waals surface area (Å²) in [4.78, 5) is 17.6. The van der Waals surface area contributed by atoms with Crippen LogP contribution in [0.3, 0.4) is 0 Å². The maximum absolute atomic E-state index is 12.1. The van der Waals surface area contributed by atoms with E-state index in [1.807, 2.05) is 47.9 Å². The lowest BCUT2D eigenvalue weighted by molar-refractivity contribution is 0.0998. The topological polar surface area (TPSA) is 89.8 Å². The summed E-state index contributed by atoms with van der Waals surface area (Å²) in [6.45, 7) is 3.57. The van der Waals surface area contributed by atoms with E-state index in [1.54, 1.807) is 25.3 Å². The number of imidazole rings is 1. The Morgan fingerprint density at radius 2 is 2.03 bits per heavy atom. The van der Waals surface area contributed by atoms with Crippen LogP contribution in [0.25, 0.3) is 16.2 Å². The fourth-order valence-corrected chi connectivity index (χ4v) is 4.48. The molecule has 0 radical (unpaired) electrons. The number of fused-ring (bicyclic) bond motifs is 1. The van der Waals surface area contributed by atoms with Crippen molar-refractivity contribution in [3.05, 3.63) is 75.9 Å². The van der Waals surface area contributed by atoms with E-state index >= 15 is 0 Å². The number of aliphatic hydroxyl groups is 1. The van der Waals surface area contributed by atoms with Crippen LogP contribution in [0.15, 0.2) is 54.9 Å². The summed E-state index contributed by atoms with van der Waals surface area (Å²) in [6.07, 6.45) is 2.57. The number of aliphatic hydroxyl groups excluding tert-OH is 1. The Hall–Kier alpha value is -2.87. The smallest absolute Gasteiger partial charge is 0.262 e. The molecular weight excluding hydrogens is 422 g/mol. The molecule has 0 fully saturated rings. The molecule has 3 heterocycles. The van der Waals surface area contributed by atoms with Crippen molar-refractivity contribution >= 4 is 34.5 Å². The average Bonchev–Trinajstić information content (AvgIpc) is 3.31. The first-order chi connectivity index (χ1) is 14.3. The van der Waals surface area contributed by atoms with Crippen LogP contribution in [0, 0.1) is 0 Å². The number of aromatic nitrogens is 2. The monoisotopic (exact) mass is 441 g/mol. The summed E-state index contributed by atoms with van der Waals surface area (Å²) < 4.78 is 7.96. The van der Waals surface area contributed by atoms with Gasteiger partial charge in [0.2, 0.25) is 0 Å². The summed E-state index contributed by atoms with van der Waals surface area (Å²) in [7, 11) is 0. The number of carbonyl (C=O) groups excluding carboxylic acids is 1. The van der Waals surface area contributed by atoms with Gasteiger partial charge >= 0.3 is 0 Å². The van der Waals surface area contributed by atoms with Gasteiger partial charge < -0.3 is 15.6 Å². The van der Waals surface area contributed by atoms with E-state index in [2.05, 4.69) is 4.98 Å². The summed E-state index contributed by atoms with van der Waals surface area (Å²) in [5.74, 6) is -0.164. The van der Waals surface area contributed by atoms with Crippen LogP contribution in [-0.4, -0.2) is 20.4 Å². The Balaban J connectivity index is 1.75. The number of benzene rings is 1. The van der Waals surface area contributed by atoms with E-state index in [0.29, 0.717) is 15.6 Å². The van der Waals surface area contributed by atoms with Gasteiger partial charge in [-0.25, -0.2) is 4.98 Å². The van der Waals surface area contributed by atoms with E-state index in [1.165, 1.54) is 11.3 Å². The molecule has 4 rings (SSSR count).